The van der Waals surface area contributed by atoms with Crippen molar-refractivity contribution in [1.29, 1.82) is 0 Å². The lowest BCUT2D eigenvalue weighted by Gasteiger charge is -2.30. The molecule has 2 aliphatic rings. The highest BCUT2D eigenvalue weighted by Gasteiger charge is 2.28. The summed E-state index contributed by atoms with van der Waals surface area (Å²) in [4.78, 5) is 14.3. The van der Waals surface area contributed by atoms with E-state index in [1.54, 1.807) is 0 Å². The molecular formula is C16H22N2O2. The van der Waals surface area contributed by atoms with Crippen molar-refractivity contribution >= 4 is 5.91 Å². The molecule has 2 atom stereocenters. The number of rotatable bonds is 3. The zero-order chi connectivity index (χ0) is 13.9. The van der Waals surface area contributed by atoms with Gasteiger partial charge in [-0.25, -0.2) is 0 Å². The summed E-state index contributed by atoms with van der Waals surface area (Å²) in [5.74, 6) is 0.176. The zero-order valence-corrected chi connectivity index (χ0v) is 12.0. The maximum atomic E-state index is 12.5. The van der Waals surface area contributed by atoms with Crippen molar-refractivity contribution in [3.63, 3.8) is 0 Å². The average Bonchev–Trinajstić information content (AvgIpc) is 2.99. The number of amides is 1. The van der Waals surface area contributed by atoms with Crippen LogP contribution in [0.4, 0.5) is 0 Å². The minimum absolute atomic E-state index is 0.101. The second kappa shape index (κ2) is 5.94. The Hall–Kier alpha value is -1.39. The van der Waals surface area contributed by atoms with E-state index >= 15 is 0 Å². The van der Waals surface area contributed by atoms with E-state index in [9.17, 15) is 4.79 Å². The predicted molar refractivity (Wildman–Crippen MR) is 77.4 cm³/mol. The van der Waals surface area contributed by atoms with Gasteiger partial charge >= 0.3 is 0 Å². The molecule has 0 saturated carbocycles. The van der Waals surface area contributed by atoms with Crippen molar-refractivity contribution in [3.05, 3.63) is 35.4 Å². The molecule has 1 aromatic carbocycles. The van der Waals surface area contributed by atoms with Gasteiger partial charge in [0.2, 0.25) is 5.91 Å². The van der Waals surface area contributed by atoms with Gasteiger partial charge in [-0.2, -0.15) is 0 Å². The number of fused-ring (bicyclic) bond motifs is 1. The number of nitrogens with zero attached hydrogens (tertiary/aromatic N) is 1. The van der Waals surface area contributed by atoms with E-state index in [-0.39, 0.29) is 18.1 Å². The van der Waals surface area contributed by atoms with E-state index in [2.05, 4.69) is 17.4 Å². The van der Waals surface area contributed by atoms with Crippen LogP contribution in [0.25, 0.3) is 0 Å². The molecule has 0 aliphatic carbocycles. The van der Waals surface area contributed by atoms with E-state index < -0.39 is 0 Å². The number of nitrogens with one attached hydrogen (secondary N) is 1. The third-order valence-electron chi connectivity index (χ3n) is 4.26. The standard InChI is InChI=1S/C16H22N2O2/c1-18(11-14-7-4-8-20-14)16(19)15-9-12-5-2-3-6-13(12)10-17-15/h2-3,5-6,14-15,17H,4,7-11H2,1H3. The van der Waals surface area contributed by atoms with Gasteiger partial charge in [-0.05, 0) is 30.4 Å². The minimum Gasteiger partial charge on any atom is -0.376 e. The maximum absolute atomic E-state index is 12.5. The molecule has 0 aromatic heterocycles. The molecule has 4 nitrogen and oxygen atoms in total. The van der Waals surface area contributed by atoms with Gasteiger partial charge in [-0.15, -0.1) is 0 Å². The Kier molecular flexibility index (Phi) is 4.03. The molecule has 3 rings (SSSR count). The highest BCUT2D eigenvalue weighted by atomic mass is 16.5. The number of hydrogen-bond donors (Lipinski definition) is 1. The normalized spacial score (nSPS) is 25.2. The Morgan fingerprint density at radius 3 is 2.95 bits per heavy atom. The van der Waals surface area contributed by atoms with E-state index in [0.29, 0.717) is 6.54 Å². The van der Waals surface area contributed by atoms with Crippen LogP contribution in [0.5, 0.6) is 0 Å². The molecule has 1 aromatic rings. The maximum Gasteiger partial charge on any atom is 0.239 e. The molecule has 0 spiro atoms. The quantitative estimate of drug-likeness (QED) is 0.904. The highest BCUT2D eigenvalue weighted by Crippen LogP contribution is 2.18. The van der Waals surface area contributed by atoms with Crippen molar-refractivity contribution in [3.8, 4) is 0 Å². The summed E-state index contributed by atoms with van der Waals surface area (Å²) in [7, 11) is 1.88. The molecule has 2 heterocycles. The molecule has 2 unspecified atom stereocenters. The van der Waals surface area contributed by atoms with Gasteiger partial charge in [-0.1, -0.05) is 24.3 Å². The van der Waals surface area contributed by atoms with E-state index in [4.69, 9.17) is 4.74 Å². The Morgan fingerprint density at radius 2 is 2.20 bits per heavy atom. The molecule has 1 amide bonds. The second-order valence-electron chi connectivity index (χ2n) is 5.76. The summed E-state index contributed by atoms with van der Waals surface area (Å²) in [6, 6.07) is 8.24. The van der Waals surface area contributed by atoms with Crippen LogP contribution in [0.3, 0.4) is 0 Å². The fourth-order valence-corrected chi connectivity index (χ4v) is 3.08. The first-order chi connectivity index (χ1) is 9.74. The summed E-state index contributed by atoms with van der Waals surface area (Å²) >= 11 is 0. The lowest BCUT2D eigenvalue weighted by molar-refractivity contribution is -0.133. The lowest BCUT2D eigenvalue weighted by atomic mass is 9.95. The third kappa shape index (κ3) is 2.86. The lowest BCUT2D eigenvalue weighted by Crippen LogP contribution is -2.49. The number of carbonyl (C=O) groups excluding carboxylic acids is 1. The SMILES string of the molecule is CN(CC1CCCO1)C(=O)C1Cc2ccccc2CN1. The first-order valence-electron chi connectivity index (χ1n) is 7.41. The molecule has 0 bridgehead atoms. The van der Waals surface area contributed by atoms with Gasteiger partial charge in [0.25, 0.3) is 0 Å². The van der Waals surface area contributed by atoms with Crippen molar-refractivity contribution < 1.29 is 9.53 Å². The molecule has 20 heavy (non-hydrogen) atoms. The Labute approximate surface area is 120 Å². The molecule has 2 aliphatic heterocycles. The molecule has 1 N–H and O–H groups in total. The number of benzene rings is 1. The van der Waals surface area contributed by atoms with Crippen LogP contribution in [0.2, 0.25) is 0 Å². The summed E-state index contributed by atoms with van der Waals surface area (Å²) in [5, 5.41) is 3.35. The number of carbonyl (C=O) groups is 1. The molecular weight excluding hydrogens is 252 g/mol. The van der Waals surface area contributed by atoms with E-state index in [1.807, 2.05) is 24.1 Å². The van der Waals surface area contributed by atoms with Gasteiger partial charge in [0, 0.05) is 26.7 Å². The number of hydrogen-bond acceptors (Lipinski definition) is 3. The second-order valence-corrected chi connectivity index (χ2v) is 5.76. The van der Waals surface area contributed by atoms with Crippen molar-refractivity contribution in [2.24, 2.45) is 0 Å². The summed E-state index contributed by atoms with van der Waals surface area (Å²) < 4.78 is 5.60. The summed E-state index contributed by atoms with van der Waals surface area (Å²) in [6.07, 6.45) is 3.19. The van der Waals surface area contributed by atoms with Crippen molar-refractivity contribution in [2.75, 3.05) is 20.2 Å². The van der Waals surface area contributed by atoms with Crippen LogP contribution < -0.4 is 5.32 Å². The fourth-order valence-electron chi connectivity index (χ4n) is 3.08. The third-order valence-corrected chi connectivity index (χ3v) is 4.26. The van der Waals surface area contributed by atoms with Crippen LogP contribution in [0.15, 0.2) is 24.3 Å². The van der Waals surface area contributed by atoms with Crippen LogP contribution in [0, 0.1) is 0 Å². The van der Waals surface area contributed by atoms with Gasteiger partial charge < -0.3 is 15.0 Å². The van der Waals surface area contributed by atoms with Crippen LogP contribution in [-0.2, 0) is 22.5 Å². The topological polar surface area (TPSA) is 41.6 Å². The largest absolute Gasteiger partial charge is 0.376 e. The van der Waals surface area contributed by atoms with Crippen molar-refractivity contribution in [1.82, 2.24) is 10.2 Å². The van der Waals surface area contributed by atoms with Gasteiger partial charge in [0.15, 0.2) is 0 Å². The molecule has 1 fully saturated rings. The van der Waals surface area contributed by atoms with Crippen LogP contribution in [-0.4, -0.2) is 43.2 Å². The first kappa shape index (κ1) is 13.6. The number of likely N-dealkylation sites (N-methyl/N-ethyl adjacent to an activating group) is 1. The minimum atomic E-state index is -0.101. The fraction of sp³-hybridized carbons (Fsp3) is 0.562. The average molecular weight is 274 g/mol. The smallest absolute Gasteiger partial charge is 0.239 e. The predicted octanol–water partition coefficient (Wildman–Crippen LogP) is 1.34. The summed E-state index contributed by atoms with van der Waals surface area (Å²) in [6.45, 7) is 2.32. The van der Waals surface area contributed by atoms with Crippen molar-refractivity contribution in [2.45, 2.75) is 38.0 Å². The summed E-state index contributed by atoms with van der Waals surface area (Å²) in [5.41, 5.74) is 2.59. The molecule has 1 saturated heterocycles. The van der Waals surface area contributed by atoms with E-state index in [1.165, 1.54) is 11.1 Å². The van der Waals surface area contributed by atoms with Crippen LogP contribution >= 0.6 is 0 Å². The van der Waals surface area contributed by atoms with E-state index in [0.717, 1.165) is 32.4 Å². The van der Waals surface area contributed by atoms with Gasteiger partial charge in [0.05, 0.1) is 12.1 Å². The van der Waals surface area contributed by atoms with Gasteiger partial charge in [0.1, 0.15) is 0 Å². The molecule has 0 radical (unpaired) electrons. The monoisotopic (exact) mass is 274 g/mol. The zero-order valence-electron chi connectivity index (χ0n) is 12.0. The Bertz CT molecular complexity index is 483. The molecule has 108 valence electrons. The number of ether oxygens (including phenoxy) is 1. The Morgan fingerprint density at radius 1 is 1.40 bits per heavy atom. The van der Waals surface area contributed by atoms with Crippen LogP contribution in [0.1, 0.15) is 24.0 Å². The first-order valence-corrected chi connectivity index (χ1v) is 7.41. The highest BCUT2D eigenvalue weighted by molar-refractivity contribution is 5.82. The molecule has 4 heteroatoms. The Balaban J connectivity index is 1.60. The van der Waals surface area contributed by atoms with Gasteiger partial charge in [-0.3, -0.25) is 4.79 Å².